The van der Waals surface area contributed by atoms with Crippen molar-refractivity contribution in [2.24, 2.45) is 0 Å². The largest absolute Gasteiger partial charge is 0.384 e. The lowest BCUT2D eigenvalue weighted by molar-refractivity contribution is -0.140. The van der Waals surface area contributed by atoms with Crippen molar-refractivity contribution in [3.05, 3.63) is 40.3 Å². The third-order valence-electron chi connectivity index (χ3n) is 3.99. The van der Waals surface area contributed by atoms with Crippen LogP contribution >= 0.6 is 0 Å². The lowest BCUT2D eigenvalue weighted by Gasteiger charge is -2.20. The lowest BCUT2D eigenvalue weighted by Crippen LogP contribution is -2.43. The number of aromatic nitrogens is 3. The second-order valence-corrected chi connectivity index (χ2v) is 5.74. The van der Waals surface area contributed by atoms with Gasteiger partial charge < -0.3 is 25.4 Å². The minimum absolute atomic E-state index is 0.0605. The fourth-order valence-corrected chi connectivity index (χ4v) is 2.57. The minimum atomic E-state index is -3.67. The molecule has 11 heteroatoms. The second kappa shape index (κ2) is 6.50. The summed E-state index contributed by atoms with van der Waals surface area (Å²) in [4.78, 5) is 15.2. The highest BCUT2D eigenvalue weighted by atomic mass is 19.3. The van der Waals surface area contributed by atoms with Crippen molar-refractivity contribution in [2.75, 3.05) is 12.3 Å². The molecule has 0 amide bonds. The van der Waals surface area contributed by atoms with Crippen LogP contribution in [-0.4, -0.2) is 44.5 Å². The van der Waals surface area contributed by atoms with Crippen molar-refractivity contribution < 1.29 is 23.1 Å². The van der Waals surface area contributed by atoms with Gasteiger partial charge in [0.1, 0.15) is 24.3 Å². The van der Waals surface area contributed by atoms with Gasteiger partial charge in [0.05, 0.1) is 5.69 Å². The van der Waals surface area contributed by atoms with Gasteiger partial charge in [0.15, 0.2) is 0 Å². The number of aliphatic hydroxyl groups is 1. The zero-order valence-corrected chi connectivity index (χ0v) is 13.2. The van der Waals surface area contributed by atoms with E-state index < -0.39 is 30.0 Å². The third kappa shape index (κ3) is 3.25. The molecule has 25 heavy (non-hydrogen) atoms. The molecule has 3 atom stereocenters. The van der Waals surface area contributed by atoms with Crippen molar-refractivity contribution in [3.63, 3.8) is 0 Å². The molecule has 2 aromatic heterocycles. The molecule has 3 heterocycles. The van der Waals surface area contributed by atoms with Crippen molar-refractivity contribution in [3.8, 4) is 0 Å². The summed E-state index contributed by atoms with van der Waals surface area (Å²) in [5.74, 6) is -3.76. The average molecular weight is 357 g/mol. The van der Waals surface area contributed by atoms with Crippen LogP contribution in [0.5, 0.6) is 0 Å². The minimum Gasteiger partial charge on any atom is -0.384 e. The first-order valence-corrected chi connectivity index (χ1v) is 7.47. The normalized spacial score (nSPS) is 25.4. The number of nitrogen functional groups attached to an aromatic ring is 1. The maximum absolute atomic E-state index is 14.3. The van der Waals surface area contributed by atoms with Crippen molar-refractivity contribution in [2.45, 2.75) is 37.8 Å². The summed E-state index contributed by atoms with van der Waals surface area (Å²) in [5, 5.41) is 16.5. The second-order valence-electron chi connectivity index (χ2n) is 5.74. The molecule has 0 unspecified atom stereocenters. The van der Waals surface area contributed by atoms with E-state index in [2.05, 4.69) is 15.5 Å². The van der Waals surface area contributed by atoms with E-state index in [0.29, 0.717) is 16.8 Å². The maximum atomic E-state index is 14.3. The summed E-state index contributed by atoms with van der Waals surface area (Å²) < 4.78 is 39.3. The molecule has 0 aliphatic carbocycles. The van der Waals surface area contributed by atoms with Crippen molar-refractivity contribution in [1.29, 1.82) is 0 Å². The molecule has 0 saturated carbocycles. The molecule has 1 aliphatic rings. The number of halogens is 2. The Balaban J connectivity index is 1.71. The number of nitrogens with two attached hydrogens (primary N) is 1. The number of anilines is 1. The molecule has 1 fully saturated rings. The van der Waals surface area contributed by atoms with Crippen LogP contribution in [0.25, 0.3) is 0 Å². The predicted molar refractivity (Wildman–Crippen MR) is 80.7 cm³/mol. The van der Waals surface area contributed by atoms with Gasteiger partial charge in [0.2, 0.25) is 6.23 Å². The quantitative estimate of drug-likeness (QED) is 0.671. The van der Waals surface area contributed by atoms with Gasteiger partial charge in [0, 0.05) is 24.8 Å². The molecule has 9 nitrogen and oxygen atoms in total. The molecular formula is C14H17F2N5O4. The molecule has 0 bridgehead atoms. The van der Waals surface area contributed by atoms with Gasteiger partial charge in [-0.1, -0.05) is 5.16 Å². The molecule has 0 aromatic carbocycles. The predicted octanol–water partition coefficient (Wildman–Crippen LogP) is -0.195. The van der Waals surface area contributed by atoms with Crippen LogP contribution in [0.4, 0.5) is 14.6 Å². The van der Waals surface area contributed by atoms with Gasteiger partial charge in [-0.05, 0) is 13.0 Å². The SMILES string of the molecule is Cc1nocc1CNC[C@H]1O[C@@H](n2ccc(N)nc2=O)C(F)(F)[C@@H]1O. The van der Waals surface area contributed by atoms with Crippen LogP contribution in [0.3, 0.4) is 0 Å². The Bertz CT molecular complexity index is 809. The smallest absolute Gasteiger partial charge is 0.351 e. The fraction of sp³-hybridized carbons (Fsp3) is 0.500. The van der Waals surface area contributed by atoms with E-state index in [1.807, 2.05) is 0 Å². The topological polar surface area (TPSA) is 128 Å². The third-order valence-corrected chi connectivity index (χ3v) is 3.99. The Labute approximate surface area is 140 Å². The zero-order chi connectivity index (χ0) is 18.2. The summed E-state index contributed by atoms with van der Waals surface area (Å²) in [6, 6.07) is 1.20. The maximum Gasteiger partial charge on any atom is 0.351 e. The Kier molecular flexibility index (Phi) is 4.54. The molecule has 1 saturated heterocycles. The van der Waals surface area contributed by atoms with Crippen LogP contribution in [-0.2, 0) is 11.3 Å². The van der Waals surface area contributed by atoms with Crippen LogP contribution < -0.4 is 16.7 Å². The molecule has 4 N–H and O–H groups in total. The van der Waals surface area contributed by atoms with E-state index in [1.165, 1.54) is 12.3 Å². The molecular weight excluding hydrogens is 340 g/mol. The number of nitrogens with one attached hydrogen (secondary N) is 1. The molecule has 136 valence electrons. The first-order chi connectivity index (χ1) is 11.8. The highest BCUT2D eigenvalue weighted by Gasteiger charge is 2.59. The van der Waals surface area contributed by atoms with E-state index in [4.69, 9.17) is 15.0 Å². The van der Waals surface area contributed by atoms with Gasteiger partial charge in [-0.2, -0.15) is 13.8 Å². The fourth-order valence-electron chi connectivity index (χ4n) is 2.57. The molecule has 0 radical (unpaired) electrons. The van der Waals surface area contributed by atoms with Gasteiger partial charge >= 0.3 is 11.6 Å². The lowest BCUT2D eigenvalue weighted by atomic mass is 10.1. The molecule has 1 aliphatic heterocycles. The summed E-state index contributed by atoms with van der Waals surface area (Å²) in [6.07, 6.45) is -2.77. The summed E-state index contributed by atoms with van der Waals surface area (Å²) in [6.45, 7) is 1.99. The number of nitrogens with zero attached hydrogens (tertiary/aromatic N) is 3. The molecule has 0 spiro atoms. The first-order valence-electron chi connectivity index (χ1n) is 7.47. The van der Waals surface area contributed by atoms with Crippen LogP contribution in [0, 0.1) is 6.92 Å². The van der Waals surface area contributed by atoms with E-state index >= 15 is 0 Å². The van der Waals surface area contributed by atoms with Crippen LogP contribution in [0.1, 0.15) is 17.5 Å². The zero-order valence-electron chi connectivity index (χ0n) is 13.2. The van der Waals surface area contributed by atoms with Gasteiger partial charge in [-0.3, -0.25) is 4.57 Å². The van der Waals surface area contributed by atoms with E-state index in [9.17, 15) is 18.7 Å². The number of ether oxygens (including phenoxy) is 1. The molecule has 2 aromatic rings. The Morgan fingerprint density at radius 2 is 2.28 bits per heavy atom. The number of rotatable bonds is 5. The highest BCUT2D eigenvalue weighted by molar-refractivity contribution is 5.23. The number of aliphatic hydroxyl groups excluding tert-OH is 1. The van der Waals surface area contributed by atoms with E-state index in [-0.39, 0.29) is 12.4 Å². The Morgan fingerprint density at radius 3 is 2.92 bits per heavy atom. The van der Waals surface area contributed by atoms with Crippen molar-refractivity contribution in [1.82, 2.24) is 20.0 Å². The highest BCUT2D eigenvalue weighted by Crippen LogP contribution is 2.41. The number of hydrogen-bond acceptors (Lipinski definition) is 8. The molecule has 3 rings (SSSR count). The van der Waals surface area contributed by atoms with Gasteiger partial charge in [0.25, 0.3) is 0 Å². The van der Waals surface area contributed by atoms with Gasteiger partial charge in [-0.15, -0.1) is 0 Å². The van der Waals surface area contributed by atoms with E-state index in [1.54, 1.807) is 6.92 Å². The summed E-state index contributed by atoms with van der Waals surface area (Å²) in [5.41, 5.74) is 5.80. The Morgan fingerprint density at radius 1 is 1.52 bits per heavy atom. The van der Waals surface area contributed by atoms with Crippen LogP contribution in [0.15, 0.2) is 27.8 Å². The summed E-state index contributed by atoms with van der Waals surface area (Å²) in [7, 11) is 0. The number of aryl methyl sites for hydroxylation is 1. The van der Waals surface area contributed by atoms with Crippen molar-refractivity contribution >= 4 is 5.82 Å². The van der Waals surface area contributed by atoms with Gasteiger partial charge in [-0.25, -0.2) is 4.79 Å². The Hall–Kier alpha value is -2.37. The standard InChI is InChI=1S/C14H17F2N5O4/c1-7-8(6-24-20-7)4-18-5-9-11(22)14(15,16)12(25-9)21-3-2-10(17)19-13(21)23/h2-3,6,9,11-12,18,22H,4-5H2,1H3,(H2,17,19,23)/t9-,11-,12-/m1/s1. The number of alkyl halides is 2. The summed E-state index contributed by atoms with van der Waals surface area (Å²) >= 11 is 0. The average Bonchev–Trinajstić information content (AvgIpc) is 3.04. The monoisotopic (exact) mass is 357 g/mol. The van der Waals surface area contributed by atoms with Crippen LogP contribution in [0.2, 0.25) is 0 Å². The first kappa shape index (κ1) is 17.5. The number of hydrogen-bond donors (Lipinski definition) is 3. The van der Waals surface area contributed by atoms with E-state index in [0.717, 1.165) is 11.8 Å².